The molecule has 2 aromatic carbocycles. The van der Waals surface area contributed by atoms with E-state index in [1.165, 1.54) is 6.07 Å². The van der Waals surface area contributed by atoms with Crippen molar-refractivity contribution in [3.8, 4) is 11.3 Å². The van der Waals surface area contributed by atoms with Crippen LogP contribution in [0.5, 0.6) is 0 Å². The highest BCUT2D eigenvalue weighted by atomic mass is 16.2. The Morgan fingerprint density at radius 3 is 2.62 bits per heavy atom. The van der Waals surface area contributed by atoms with Crippen molar-refractivity contribution in [3.05, 3.63) is 76.6 Å². The highest BCUT2D eigenvalue weighted by molar-refractivity contribution is 6.03. The number of carbonyl (C=O) groups is 2. The second-order valence-electron chi connectivity index (χ2n) is 7.12. The summed E-state index contributed by atoms with van der Waals surface area (Å²) in [6, 6.07) is 17.9. The number of nitrogens with zero attached hydrogens (tertiary/aromatic N) is 2. The molecule has 7 nitrogen and oxygen atoms in total. The van der Waals surface area contributed by atoms with Crippen LogP contribution in [0.2, 0.25) is 0 Å². The van der Waals surface area contributed by atoms with Gasteiger partial charge in [0.05, 0.1) is 11.6 Å². The lowest BCUT2D eigenvalue weighted by molar-refractivity contribution is -0.122. The molecule has 0 aliphatic carbocycles. The molecule has 1 fully saturated rings. The quantitative estimate of drug-likeness (QED) is 0.718. The van der Waals surface area contributed by atoms with Crippen molar-refractivity contribution in [2.75, 3.05) is 16.8 Å². The summed E-state index contributed by atoms with van der Waals surface area (Å²) in [5, 5.41) is 9.29. The number of H-pyrrole nitrogens is 1. The first-order valence-corrected chi connectivity index (χ1v) is 9.34. The molecule has 1 unspecified atom stereocenters. The lowest BCUT2D eigenvalue weighted by atomic mass is 10.1. The first-order chi connectivity index (χ1) is 14.0. The molecule has 7 heteroatoms. The molecule has 1 aromatic heterocycles. The third-order valence-corrected chi connectivity index (χ3v) is 4.95. The van der Waals surface area contributed by atoms with E-state index in [-0.39, 0.29) is 23.8 Å². The van der Waals surface area contributed by atoms with E-state index >= 15 is 0 Å². The van der Waals surface area contributed by atoms with Crippen LogP contribution in [0.15, 0.2) is 65.5 Å². The topological polar surface area (TPSA) is 95.2 Å². The van der Waals surface area contributed by atoms with Crippen molar-refractivity contribution in [1.82, 2.24) is 10.2 Å². The minimum absolute atomic E-state index is 0.0554. The summed E-state index contributed by atoms with van der Waals surface area (Å²) in [5.41, 5.74) is 3.63. The van der Waals surface area contributed by atoms with Crippen molar-refractivity contribution in [2.45, 2.75) is 13.3 Å². The van der Waals surface area contributed by atoms with Crippen LogP contribution < -0.4 is 15.8 Å². The van der Waals surface area contributed by atoms with E-state index in [0.717, 1.165) is 16.8 Å². The Hall–Kier alpha value is -3.74. The van der Waals surface area contributed by atoms with Crippen molar-refractivity contribution >= 4 is 23.2 Å². The predicted octanol–water partition coefficient (Wildman–Crippen LogP) is 2.74. The SMILES string of the molecule is Cc1ccc(N2CC(C(=O)Nc3cccc(-c4ccc(=O)[nH]n4)c3)CC2=O)cc1. The minimum Gasteiger partial charge on any atom is -0.326 e. The van der Waals surface area contributed by atoms with Crippen LogP contribution in [0.25, 0.3) is 11.3 Å². The third kappa shape index (κ3) is 4.08. The van der Waals surface area contributed by atoms with Crippen LogP contribution in [0, 0.1) is 12.8 Å². The molecule has 0 bridgehead atoms. The van der Waals surface area contributed by atoms with E-state index in [0.29, 0.717) is 17.9 Å². The molecule has 1 aliphatic heterocycles. The lowest BCUT2D eigenvalue weighted by Gasteiger charge is -2.17. The van der Waals surface area contributed by atoms with Crippen LogP contribution in [-0.4, -0.2) is 28.6 Å². The summed E-state index contributed by atoms with van der Waals surface area (Å²) in [6.07, 6.45) is 0.181. The zero-order chi connectivity index (χ0) is 20.4. The summed E-state index contributed by atoms with van der Waals surface area (Å²) < 4.78 is 0. The predicted molar refractivity (Wildman–Crippen MR) is 111 cm³/mol. The van der Waals surface area contributed by atoms with Gasteiger partial charge in [0.1, 0.15) is 0 Å². The van der Waals surface area contributed by atoms with Gasteiger partial charge in [-0.2, -0.15) is 5.10 Å². The third-order valence-electron chi connectivity index (χ3n) is 4.95. The fraction of sp³-hybridized carbons (Fsp3) is 0.182. The van der Waals surface area contributed by atoms with Crippen molar-refractivity contribution < 1.29 is 9.59 Å². The van der Waals surface area contributed by atoms with Gasteiger partial charge < -0.3 is 10.2 Å². The van der Waals surface area contributed by atoms with Gasteiger partial charge in [-0.05, 0) is 37.3 Å². The molecule has 0 saturated carbocycles. The standard InChI is InChI=1S/C22H20N4O3/c1-14-5-7-18(8-6-14)26-13-16(12-21(26)28)22(29)23-17-4-2-3-15(11-17)19-9-10-20(27)25-24-19/h2-11,16H,12-13H2,1H3,(H,23,29)(H,25,27). The summed E-state index contributed by atoms with van der Waals surface area (Å²) in [7, 11) is 0. The minimum atomic E-state index is -0.418. The van der Waals surface area contributed by atoms with Crippen LogP contribution in [0.3, 0.4) is 0 Å². The molecular formula is C22H20N4O3. The summed E-state index contributed by atoms with van der Waals surface area (Å²) in [5.74, 6) is -0.668. The van der Waals surface area contributed by atoms with E-state index in [1.54, 1.807) is 29.2 Å². The van der Waals surface area contributed by atoms with E-state index in [2.05, 4.69) is 15.5 Å². The average molecular weight is 388 g/mol. The molecule has 3 aromatic rings. The van der Waals surface area contributed by atoms with Crippen LogP contribution in [-0.2, 0) is 9.59 Å². The first kappa shape index (κ1) is 18.6. The zero-order valence-corrected chi connectivity index (χ0v) is 15.9. The monoisotopic (exact) mass is 388 g/mol. The Balaban J connectivity index is 1.46. The summed E-state index contributed by atoms with van der Waals surface area (Å²) >= 11 is 0. The van der Waals surface area contributed by atoms with E-state index < -0.39 is 5.92 Å². The van der Waals surface area contributed by atoms with Gasteiger partial charge in [-0.3, -0.25) is 14.4 Å². The van der Waals surface area contributed by atoms with Gasteiger partial charge in [0.15, 0.2) is 0 Å². The van der Waals surface area contributed by atoms with Crippen LogP contribution in [0.1, 0.15) is 12.0 Å². The van der Waals surface area contributed by atoms with Gasteiger partial charge in [-0.15, -0.1) is 0 Å². The molecule has 1 atom stereocenters. The Kier molecular flexibility index (Phi) is 4.95. The van der Waals surface area contributed by atoms with Crippen LogP contribution >= 0.6 is 0 Å². The average Bonchev–Trinajstić information content (AvgIpc) is 3.11. The maximum absolute atomic E-state index is 12.7. The number of anilines is 2. The Bertz CT molecular complexity index is 1100. The maximum atomic E-state index is 12.7. The molecule has 2 heterocycles. The molecule has 0 spiro atoms. The number of nitrogens with one attached hydrogen (secondary N) is 2. The van der Waals surface area contributed by atoms with Gasteiger partial charge in [0.25, 0.3) is 5.56 Å². The highest BCUT2D eigenvalue weighted by Crippen LogP contribution is 2.27. The number of hydrogen-bond acceptors (Lipinski definition) is 4. The van der Waals surface area contributed by atoms with Gasteiger partial charge in [-0.1, -0.05) is 29.8 Å². The largest absolute Gasteiger partial charge is 0.326 e. The molecule has 4 rings (SSSR count). The Morgan fingerprint density at radius 2 is 1.90 bits per heavy atom. The number of benzene rings is 2. The second kappa shape index (κ2) is 7.71. The van der Waals surface area contributed by atoms with Gasteiger partial charge in [-0.25, -0.2) is 5.10 Å². The Labute approximate surface area is 167 Å². The molecule has 1 aliphatic rings. The van der Waals surface area contributed by atoms with E-state index in [9.17, 15) is 14.4 Å². The zero-order valence-electron chi connectivity index (χ0n) is 15.9. The molecule has 146 valence electrons. The fourth-order valence-electron chi connectivity index (χ4n) is 3.36. The number of aromatic nitrogens is 2. The number of carbonyl (C=O) groups excluding carboxylic acids is 2. The lowest BCUT2D eigenvalue weighted by Crippen LogP contribution is -2.28. The second-order valence-corrected chi connectivity index (χ2v) is 7.12. The maximum Gasteiger partial charge on any atom is 0.264 e. The first-order valence-electron chi connectivity index (χ1n) is 9.34. The molecule has 0 radical (unpaired) electrons. The van der Waals surface area contributed by atoms with Crippen molar-refractivity contribution in [2.24, 2.45) is 5.92 Å². The van der Waals surface area contributed by atoms with E-state index in [4.69, 9.17) is 0 Å². The fourth-order valence-corrected chi connectivity index (χ4v) is 3.36. The number of rotatable bonds is 4. The molecule has 2 N–H and O–H groups in total. The highest BCUT2D eigenvalue weighted by Gasteiger charge is 2.35. The van der Waals surface area contributed by atoms with Crippen molar-refractivity contribution in [1.29, 1.82) is 0 Å². The molecule has 1 saturated heterocycles. The molecule has 29 heavy (non-hydrogen) atoms. The van der Waals surface area contributed by atoms with Crippen LogP contribution in [0.4, 0.5) is 11.4 Å². The number of amides is 2. The molecular weight excluding hydrogens is 368 g/mol. The van der Waals surface area contributed by atoms with Gasteiger partial charge >= 0.3 is 0 Å². The number of aromatic amines is 1. The number of aryl methyl sites for hydroxylation is 1. The molecule has 2 amide bonds. The smallest absolute Gasteiger partial charge is 0.264 e. The summed E-state index contributed by atoms with van der Waals surface area (Å²) in [6.45, 7) is 2.34. The summed E-state index contributed by atoms with van der Waals surface area (Å²) in [4.78, 5) is 38.0. The van der Waals surface area contributed by atoms with Gasteiger partial charge in [0.2, 0.25) is 11.8 Å². The van der Waals surface area contributed by atoms with Gasteiger partial charge in [0, 0.05) is 36.0 Å². The van der Waals surface area contributed by atoms with Crippen molar-refractivity contribution in [3.63, 3.8) is 0 Å². The normalized spacial score (nSPS) is 16.1. The number of hydrogen-bond donors (Lipinski definition) is 2. The Morgan fingerprint density at radius 1 is 1.10 bits per heavy atom. The van der Waals surface area contributed by atoms with E-state index in [1.807, 2.05) is 37.3 Å².